The van der Waals surface area contributed by atoms with E-state index in [-0.39, 0.29) is 11.7 Å². The third-order valence-corrected chi connectivity index (χ3v) is 2.96. The fourth-order valence-corrected chi connectivity index (χ4v) is 1.82. The molecule has 0 fully saturated rings. The van der Waals surface area contributed by atoms with Crippen molar-refractivity contribution in [3.8, 4) is 5.75 Å². The van der Waals surface area contributed by atoms with Gasteiger partial charge in [-0.15, -0.1) is 0 Å². The monoisotopic (exact) mass is 292 g/mol. The van der Waals surface area contributed by atoms with Crippen molar-refractivity contribution in [3.05, 3.63) is 53.6 Å². The molecule has 110 valence electrons. The first-order valence-corrected chi connectivity index (χ1v) is 6.18. The van der Waals surface area contributed by atoms with Gasteiger partial charge in [-0.25, -0.2) is 0 Å². The number of nitrogens with one attached hydrogen (secondary N) is 1. The van der Waals surface area contributed by atoms with Gasteiger partial charge >= 0.3 is 6.61 Å². The van der Waals surface area contributed by atoms with Crippen molar-refractivity contribution < 1.29 is 18.3 Å². The molecule has 0 saturated carbocycles. The number of hydrogen-bond donors (Lipinski definition) is 2. The maximum Gasteiger partial charge on any atom is 0.387 e. The first-order chi connectivity index (χ1) is 9.97. The molecule has 0 aliphatic heterocycles. The minimum absolute atomic E-state index is 0.0307. The zero-order valence-corrected chi connectivity index (χ0v) is 11.3. The molecule has 3 N–H and O–H groups in total. The Morgan fingerprint density at radius 1 is 1.19 bits per heavy atom. The Morgan fingerprint density at radius 2 is 1.86 bits per heavy atom. The highest BCUT2D eigenvalue weighted by molar-refractivity contribution is 6.06. The molecule has 0 saturated heterocycles. The van der Waals surface area contributed by atoms with Crippen LogP contribution in [0.1, 0.15) is 15.9 Å². The van der Waals surface area contributed by atoms with E-state index < -0.39 is 6.61 Å². The lowest BCUT2D eigenvalue weighted by atomic mass is 10.1. The van der Waals surface area contributed by atoms with Crippen LogP contribution in [0.25, 0.3) is 0 Å². The predicted molar refractivity (Wildman–Crippen MR) is 76.6 cm³/mol. The molecular weight excluding hydrogens is 278 g/mol. The van der Waals surface area contributed by atoms with Gasteiger partial charge in [0.1, 0.15) is 5.75 Å². The van der Waals surface area contributed by atoms with Crippen LogP contribution in [0.3, 0.4) is 0 Å². The number of carbonyl (C=O) groups is 1. The quantitative estimate of drug-likeness (QED) is 0.848. The number of ether oxygens (including phenoxy) is 1. The van der Waals surface area contributed by atoms with E-state index >= 15 is 0 Å². The molecule has 2 aromatic carbocycles. The molecule has 4 nitrogen and oxygen atoms in total. The third kappa shape index (κ3) is 3.68. The molecule has 2 rings (SSSR count). The second-order valence-electron chi connectivity index (χ2n) is 4.38. The van der Waals surface area contributed by atoms with Crippen LogP contribution in [-0.2, 0) is 0 Å². The lowest BCUT2D eigenvalue weighted by molar-refractivity contribution is -0.0498. The number of benzene rings is 2. The topological polar surface area (TPSA) is 64.4 Å². The van der Waals surface area contributed by atoms with Gasteiger partial charge in [0.2, 0.25) is 0 Å². The van der Waals surface area contributed by atoms with E-state index in [1.54, 1.807) is 25.1 Å². The van der Waals surface area contributed by atoms with Gasteiger partial charge in [-0.05, 0) is 48.9 Å². The van der Waals surface area contributed by atoms with Crippen LogP contribution in [0.2, 0.25) is 0 Å². The van der Waals surface area contributed by atoms with Gasteiger partial charge in [0.15, 0.2) is 0 Å². The maximum atomic E-state index is 12.1. The molecule has 6 heteroatoms. The minimum Gasteiger partial charge on any atom is -0.435 e. The minimum atomic E-state index is -2.87. The van der Waals surface area contributed by atoms with E-state index in [2.05, 4.69) is 10.1 Å². The van der Waals surface area contributed by atoms with Crippen LogP contribution in [0.5, 0.6) is 5.75 Å². The average molecular weight is 292 g/mol. The molecule has 0 aromatic heterocycles. The van der Waals surface area contributed by atoms with Gasteiger partial charge in [0, 0.05) is 16.9 Å². The fourth-order valence-electron chi connectivity index (χ4n) is 1.82. The number of carbonyl (C=O) groups excluding carboxylic acids is 1. The molecule has 0 atom stereocenters. The SMILES string of the molecule is Cc1c(N)cccc1C(=O)Nc1ccc(OC(F)F)cc1. The molecular formula is C15H14F2N2O2. The van der Waals surface area contributed by atoms with Gasteiger partial charge in [0.05, 0.1) is 0 Å². The smallest absolute Gasteiger partial charge is 0.387 e. The third-order valence-electron chi connectivity index (χ3n) is 2.96. The molecule has 0 radical (unpaired) electrons. The normalized spacial score (nSPS) is 10.5. The summed E-state index contributed by atoms with van der Waals surface area (Å²) >= 11 is 0. The summed E-state index contributed by atoms with van der Waals surface area (Å²) in [7, 11) is 0. The summed E-state index contributed by atoms with van der Waals surface area (Å²) in [5.74, 6) is -0.287. The van der Waals surface area contributed by atoms with E-state index in [1.807, 2.05) is 0 Å². The first-order valence-electron chi connectivity index (χ1n) is 6.18. The fraction of sp³-hybridized carbons (Fsp3) is 0.133. The van der Waals surface area contributed by atoms with Crippen molar-refractivity contribution >= 4 is 17.3 Å². The van der Waals surface area contributed by atoms with Gasteiger partial charge in [-0.3, -0.25) is 4.79 Å². The molecule has 21 heavy (non-hydrogen) atoms. The summed E-state index contributed by atoms with van der Waals surface area (Å²) in [4.78, 5) is 12.1. The van der Waals surface area contributed by atoms with Gasteiger partial charge in [-0.1, -0.05) is 6.07 Å². The predicted octanol–water partition coefficient (Wildman–Crippen LogP) is 3.43. The molecule has 0 aliphatic rings. The Hall–Kier alpha value is -2.63. The second-order valence-corrected chi connectivity index (χ2v) is 4.38. The number of hydrogen-bond acceptors (Lipinski definition) is 3. The molecule has 0 unspecified atom stereocenters. The Kier molecular flexibility index (Phi) is 4.37. The molecule has 1 amide bonds. The zero-order valence-electron chi connectivity index (χ0n) is 11.3. The number of amides is 1. The highest BCUT2D eigenvalue weighted by atomic mass is 19.3. The molecule has 0 bridgehead atoms. The number of rotatable bonds is 4. The van der Waals surface area contributed by atoms with Crippen molar-refractivity contribution in [1.29, 1.82) is 0 Å². The number of nitrogens with two attached hydrogens (primary N) is 1. The van der Waals surface area contributed by atoms with Crippen LogP contribution in [0.4, 0.5) is 20.2 Å². The summed E-state index contributed by atoms with van der Waals surface area (Å²) in [5, 5.41) is 2.67. The van der Waals surface area contributed by atoms with Crippen LogP contribution >= 0.6 is 0 Å². The maximum absolute atomic E-state index is 12.1. The second kappa shape index (κ2) is 6.21. The van der Waals surface area contributed by atoms with Crippen molar-refractivity contribution in [3.63, 3.8) is 0 Å². The van der Waals surface area contributed by atoms with Crippen molar-refractivity contribution in [2.45, 2.75) is 13.5 Å². The molecule has 0 spiro atoms. The van der Waals surface area contributed by atoms with Crippen molar-refractivity contribution in [2.24, 2.45) is 0 Å². The summed E-state index contributed by atoms with van der Waals surface area (Å²) in [6.07, 6.45) is 0. The van der Waals surface area contributed by atoms with E-state index in [0.29, 0.717) is 22.5 Å². The number of anilines is 2. The van der Waals surface area contributed by atoms with Crippen LogP contribution < -0.4 is 15.8 Å². The van der Waals surface area contributed by atoms with Crippen molar-refractivity contribution in [1.82, 2.24) is 0 Å². The standard InChI is InChI=1S/C15H14F2N2O2/c1-9-12(3-2-4-13(9)18)14(20)19-10-5-7-11(8-6-10)21-15(16)17/h2-8,15H,18H2,1H3,(H,19,20). The van der Waals surface area contributed by atoms with E-state index in [0.717, 1.165) is 0 Å². The molecule has 0 heterocycles. The lowest BCUT2D eigenvalue weighted by Crippen LogP contribution is -2.14. The number of alkyl halides is 2. The number of nitrogen functional groups attached to an aromatic ring is 1. The summed E-state index contributed by atoms with van der Waals surface area (Å²) < 4.78 is 28.3. The average Bonchev–Trinajstić information content (AvgIpc) is 2.43. The Balaban J connectivity index is 2.11. The van der Waals surface area contributed by atoms with Gasteiger partial charge in [0.25, 0.3) is 5.91 Å². The van der Waals surface area contributed by atoms with Crippen LogP contribution in [0.15, 0.2) is 42.5 Å². The largest absolute Gasteiger partial charge is 0.435 e. The molecule has 0 aliphatic carbocycles. The zero-order chi connectivity index (χ0) is 15.4. The van der Waals surface area contributed by atoms with E-state index in [1.165, 1.54) is 24.3 Å². The van der Waals surface area contributed by atoms with Gasteiger partial charge < -0.3 is 15.8 Å². The summed E-state index contributed by atoms with van der Waals surface area (Å²) in [5.41, 5.74) is 7.91. The van der Waals surface area contributed by atoms with Crippen LogP contribution in [-0.4, -0.2) is 12.5 Å². The molecule has 2 aromatic rings. The van der Waals surface area contributed by atoms with E-state index in [4.69, 9.17) is 5.73 Å². The first kappa shape index (κ1) is 14.8. The highest BCUT2D eigenvalue weighted by Gasteiger charge is 2.11. The highest BCUT2D eigenvalue weighted by Crippen LogP contribution is 2.20. The van der Waals surface area contributed by atoms with Gasteiger partial charge in [-0.2, -0.15) is 8.78 Å². The Labute approximate surface area is 120 Å². The Morgan fingerprint density at radius 3 is 2.48 bits per heavy atom. The Bertz CT molecular complexity index is 643. The van der Waals surface area contributed by atoms with Crippen molar-refractivity contribution in [2.75, 3.05) is 11.1 Å². The number of halogens is 2. The van der Waals surface area contributed by atoms with E-state index in [9.17, 15) is 13.6 Å². The lowest BCUT2D eigenvalue weighted by Gasteiger charge is -2.10. The van der Waals surface area contributed by atoms with Crippen LogP contribution in [0, 0.1) is 6.92 Å². The summed E-state index contributed by atoms with van der Waals surface area (Å²) in [6.45, 7) is -1.12. The summed E-state index contributed by atoms with van der Waals surface area (Å²) in [6, 6.07) is 10.7.